The summed E-state index contributed by atoms with van der Waals surface area (Å²) in [6, 6.07) is 22.3. The van der Waals surface area contributed by atoms with Crippen LogP contribution >= 0.6 is 0 Å². The van der Waals surface area contributed by atoms with E-state index in [9.17, 15) is 4.39 Å². The summed E-state index contributed by atoms with van der Waals surface area (Å²) < 4.78 is 13.4. The third-order valence-corrected chi connectivity index (χ3v) is 4.05. The summed E-state index contributed by atoms with van der Waals surface area (Å²) in [6.45, 7) is 0. The third kappa shape index (κ3) is 2.23. The highest BCUT2D eigenvalue weighted by Crippen LogP contribution is 2.30. The quantitative estimate of drug-likeness (QED) is 0.368. The largest absolute Gasteiger partial charge is 0.228 e. The van der Waals surface area contributed by atoms with Crippen molar-refractivity contribution in [2.75, 3.05) is 0 Å². The fourth-order valence-electron chi connectivity index (χ4n) is 3.06. The molecule has 0 unspecified atom stereocenters. The second kappa shape index (κ2) is 5.23. The average Bonchev–Trinajstić information content (AvgIpc) is 2.55. The normalized spacial score (nSPS) is 11.1. The molecule has 0 aliphatic heterocycles. The number of benzene rings is 3. The van der Waals surface area contributed by atoms with Crippen LogP contribution < -0.4 is 0 Å². The topological polar surface area (TPSA) is 12.9 Å². The maximum atomic E-state index is 13.4. The first-order valence-electron chi connectivity index (χ1n) is 7.31. The van der Waals surface area contributed by atoms with Gasteiger partial charge in [-0.2, -0.15) is 4.39 Å². The van der Waals surface area contributed by atoms with Gasteiger partial charge < -0.3 is 0 Å². The predicted octanol–water partition coefficient (Wildman–Crippen LogP) is 5.12. The third-order valence-electron chi connectivity index (χ3n) is 4.05. The number of aromatic nitrogens is 1. The van der Waals surface area contributed by atoms with Gasteiger partial charge >= 0.3 is 0 Å². The molecule has 4 aromatic rings. The summed E-state index contributed by atoms with van der Waals surface area (Å²) in [5, 5.41) is 4.87. The molecule has 0 aliphatic carbocycles. The Labute approximate surface area is 128 Å². The van der Waals surface area contributed by atoms with Gasteiger partial charge in [0.25, 0.3) is 0 Å². The molecule has 0 amide bonds. The molecule has 3 aromatic carbocycles. The number of hydrogen-bond donors (Lipinski definition) is 0. The summed E-state index contributed by atoms with van der Waals surface area (Å²) in [5.74, 6) is -0.429. The van der Waals surface area contributed by atoms with Crippen molar-refractivity contribution in [3.05, 3.63) is 90.0 Å². The van der Waals surface area contributed by atoms with Crippen molar-refractivity contribution in [2.45, 2.75) is 6.42 Å². The van der Waals surface area contributed by atoms with Crippen LogP contribution in [0, 0.1) is 5.95 Å². The van der Waals surface area contributed by atoms with Crippen molar-refractivity contribution in [1.82, 2.24) is 4.98 Å². The molecule has 0 aliphatic rings. The molecule has 1 aromatic heterocycles. The molecule has 0 N–H and O–H groups in total. The summed E-state index contributed by atoms with van der Waals surface area (Å²) in [6.07, 6.45) is 2.22. The zero-order valence-corrected chi connectivity index (χ0v) is 12.0. The lowest BCUT2D eigenvalue weighted by molar-refractivity contribution is 0.582. The van der Waals surface area contributed by atoms with E-state index >= 15 is 0 Å². The van der Waals surface area contributed by atoms with Gasteiger partial charge in [-0.05, 0) is 57.3 Å². The van der Waals surface area contributed by atoms with Gasteiger partial charge in [0.2, 0.25) is 5.95 Å². The first-order chi connectivity index (χ1) is 10.8. The molecule has 0 spiro atoms. The number of rotatable bonds is 2. The lowest BCUT2D eigenvalue weighted by atomic mass is 9.93. The first kappa shape index (κ1) is 13.0. The second-order valence-electron chi connectivity index (χ2n) is 5.46. The van der Waals surface area contributed by atoms with Gasteiger partial charge in [-0.25, -0.2) is 4.98 Å². The Hall–Kier alpha value is -2.74. The molecule has 0 atom stereocenters. The molecule has 4 rings (SSSR count). The molecule has 0 fully saturated rings. The second-order valence-corrected chi connectivity index (χ2v) is 5.46. The molecule has 0 bridgehead atoms. The molecular formula is C20H14FN. The van der Waals surface area contributed by atoms with E-state index in [0.29, 0.717) is 6.42 Å². The van der Waals surface area contributed by atoms with Gasteiger partial charge in [-0.15, -0.1) is 0 Å². The van der Waals surface area contributed by atoms with Crippen LogP contribution in [0.15, 0.2) is 72.9 Å². The van der Waals surface area contributed by atoms with Crippen molar-refractivity contribution >= 4 is 21.5 Å². The molecule has 0 saturated heterocycles. The van der Waals surface area contributed by atoms with Gasteiger partial charge in [-0.1, -0.05) is 48.5 Å². The van der Waals surface area contributed by atoms with E-state index in [1.54, 1.807) is 0 Å². The van der Waals surface area contributed by atoms with Crippen LogP contribution in [0.3, 0.4) is 0 Å². The molecule has 1 heterocycles. The van der Waals surface area contributed by atoms with E-state index in [1.807, 2.05) is 30.3 Å². The summed E-state index contributed by atoms with van der Waals surface area (Å²) in [4.78, 5) is 3.64. The maximum absolute atomic E-state index is 13.4. The Balaban J connectivity index is 2.00. The van der Waals surface area contributed by atoms with Gasteiger partial charge in [0, 0.05) is 6.20 Å². The minimum Gasteiger partial charge on any atom is -0.228 e. The van der Waals surface area contributed by atoms with Crippen LogP contribution in [0.4, 0.5) is 4.39 Å². The zero-order valence-electron chi connectivity index (χ0n) is 12.0. The molecular weight excluding hydrogens is 273 g/mol. The Morgan fingerprint density at radius 1 is 0.773 bits per heavy atom. The van der Waals surface area contributed by atoms with Gasteiger partial charge in [0.1, 0.15) is 0 Å². The van der Waals surface area contributed by atoms with Crippen LogP contribution in [0.25, 0.3) is 21.5 Å². The van der Waals surface area contributed by atoms with Crippen molar-refractivity contribution in [1.29, 1.82) is 0 Å². The van der Waals surface area contributed by atoms with Crippen LogP contribution in [-0.4, -0.2) is 4.98 Å². The lowest BCUT2D eigenvalue weighted by Crippen LogP contribution is -1.94. The number of nitrogens with zero attached hydrogens (tertiary/aromatic N) is 1. The predicted molar refractivity (Wildman–Crippen MR) is 88.5 cm³/mol. The van der Waals surface area contributed by atoms with E-state index < -0.39 is 5.95 Å². The van der Waals surface area contributed by atoms with Crippen LogP contribution in [0.2, 0.25) is 0 Å². The van der Waals surface area contributed by atoms with Crippen LogP contribution in [-0.2, 0) is 6.42 Å². The molecule has 22 heavy (non-hydrogen) atoms. The van der Waals surface area contributed by atoms with E-state index in [-0.39, 0.29) is 0 Å². The highest BCUT2D eigenvalue weighted by Gasteiger charge is 2.08. The molecule has 2 heteroatoms. The fraction of sp³-hybridized carbons (Fsp3) is 0.0500. The summed E-state index contributed by atoms with van der Waals surface area (Å²) >= 11 is 0. The van der Waals surface area contributed by atoms with Crippen molar-refractivity contribution in [3.8, 4) is 0 Å². The fourth-order valence-corrected chi connectivity index (χ4v) is 3.06. The molecule has 1 nitrogen and oxygen atoms in total. The van der Waals surface area contributed by atoms with Crippen molar-refractivity contribution < 1.29 is 4.39 Å². The summed E-state index contributed by atoms with van der Waals surface area (Å²) in [5.41, 5.74) is 2.17. The first-order valence-corrected chi connectivity index (χ1v) is 7.31. The number of halogens is 1. The zero-order chi connectivity index (χ0) is 14.9. The monoisotopic (exact) mass is 287 g/mol. The SMILES string of the molecule is Fc1cc(Cc2c3ccccc3cc3ccccc23)ccn1. The standard InChI is InChI=1S/C20H14FN/c21-20-12-14(9-10-22-20)11-19-17-7-3-1-5-15(17)13-16-6-2-4-8-18(16)19/h1-10,12-13H,11H2. The van der Waals surface area contributed by atoms with E-state index in [1.165, 1.54) is 39.4 Å². The number of fused-ring (bicyclic) bond motifs is 2. The Morgan fingerprint density at radius 3 is 2.05 bits per heavy atom. The average molecular weight is 287 g/mol. The Kier molecular flexibility index (Phi) is 3.08. The minimum atomic E-state index is -0.429. The molecule has 0 radical (unpaired) electrons. The van der Waals surface area contributed by atoms with E-state index in [0.717, 1.165) is 5.56 Å². The Morgan fingerprint density at radius 2 is 1.41 bits per heavy atom. The molecule has 106 valence electrons. The van der Waals surface area contributed by atoms with E-state index in [2.05, 4.69) is 35.3 Å². The lowest BCUT2D eigenvalue weighted by Gasteiger charge is -2.11. The van der Waals surface area contributed by atoms with E-state index in [4.69, 9.17) is 0 Å². The van der Waals surface area contributed by atoms with Crippen LogP contribution in [0.5, 0.6) is 0 Å². The van der Waals surface area contributed by atoms with Crippen molar-refractivity contribution in [2.24, 2.45) is 0 Å². The summed E-state index contributed by atoms with van der Waals surface area (Å²) in [7, 11) is 0. The Bertz CT molecular complexity index is 921. The van der Waals surface area contributed by atoms with Gasteiger partial charge in [0.05, 0.1) is 0 Å². The molecule has 0 saturated carbocycles. The van der Waals surface area contributed by atoms with Crippen molar-refractivity contribution in [3.63, 3.8) is 0 Å². The van der Waals surface area contributed by atoms with Crippen LogP contribution in [0.1, 0.15) is 11.1 Å². The maximum Gasteiger partial charge on any atom is 0.213 e. The number of hydrogen-bond acceptors (Lipinski definition) is 1. The van der Waals surface area contributed by atoms with Gasteiger partial charge in [-0.3, -0.25) is 0 Å². The number of pyridine rings is 1. The smallest absolute Gasteiger partial charge is 0.213 e. The van der Waals surface area contributed by atoms with Gasteiger partial charge in [0.15, 0.2) is 0 Å². The highest BCUT2D eigenvalue weighted by atomic mass is 19.1. The minimum absolute atomic E-state index is 0.429. The highest BCUT2D eigenvalue weighted by molar-refractivity contribution is 6.02.